The number of carbonyl (C=O) groups is 1. The monoisotopic (exact) mass is 334 g/mol. The molecule has 1 amide bonds. The summed E-state index contributed by atoms with van der Waals surface area (Å²) in [5.41, 5.74) is -0.105. The van der Waals surface area contributed by atoms with Crippen molar-refractivity contribution >= 4 is 11.6 Å². The number of fused-ring (bicyclic) bond motifs is 1. The second kappa shape index (κ2) is 6.70. The number of rotatable bonds is 5. The Morgan fingerprint density at radius 2 is 2.12 bits per heavy atom. The fourth-order valence-electron chi connectivity index (χ4n) is 2.77. The number of hydrogen-bond donors (Lipinski definition) is 1. The topological polar surface area (TPSA) is 93.8 Å². The van der Waals surface area contributed by atoms with Crippen molar-refractivity contribution in [2.45, 2.75) is 25.9 Å². The minimum Gasteiger partial charge on any atom is -0.379 e. The molecule has 1 aliphatic rings. The van der Waals surface area contributed by atoms with Gasteiger partial charge in [0.1, 0.15) is 6.54 Å². The summed E-state index contributed by atoms with van der Waals surface area (Å²) in [6.45, 7) is 7.67. The number of aromatic nitrogens is 4. The summed E-state index contributed by atoms with van der Waals surface area (Å²) in [5.74, 6) is -0.241. The van der Waals surface area contributed by atoms with Gasteiger partial charge in [-0.3, -0.25) is 14.7 Å². The SMILES string of the molecule is CC(C)(CNC(=O)Cn1nc2cnccn2c1=O)N1CCOCC1. The Bertz CT molecular complexity index is 775. The zero-order chi connectivity index (χ0) is 17.2. The average molecular weight is 334 g/mol. The minimum absolute atomic E-state index is 0.111. The molecule has 3 rings (SSSR count). The van der Waals surface area contributed by atoms with Crippen LogP contribution in [0.2, 0.25) is 0 Å². The van der Waals surface area contributed by atoms with E-state index in [4.69, 9.17) is 4.74 Å². The quantitative estimate of drug-likeness (QED) is 0.763. The van der Waals surface area contributed by atoms with Crippen molar-refractivity contribution in [2.24, 2.45) is 0 Å². The summed E-state index contributed by atoms with van der Waals surface area (Å²) in [4.78, 5) is 30.5. The van der Waals surface area contributed by atoms with Crippen LogP contribution < -0.4 is 11.0 Å². The van der Waals surface area contributed by atoms with E-state index in [1.54, 1.807) is 0 Å². The van der Waals surface area contributed by atoms with Gasteiger partial charge in [-0.15, -0.1) is 5.10 Å². The normalized spacial score (nSPS) is 16.4. The third-order valence-electron chi connectivity index (χ3n) is 4.27. The minimum atomic E-state index is -0.352. The molecule has 0 aromatic carbocycles. The van der Waals surface area contributed by atoms with Crippen LogP contribution in [0.5, 0.6) is 0 Å². The summed E-state index contributed by atoms with van der Waals surface area (Å²) in [6, 6.07) is 0. The summed E-state index contributed by atoms with van der Waals surface area (Å²) in [6.07, 6.45) is 4.52. The molecule has 0 atom stereocenters. The first kappa shape index (κ1) is 16.6. The van der Waals surface area contributed by atoms with Crippen molar-refractivity contribution in [1.29, 1.82) is 0 Å². The Kier molecular flexibility index (Phi) is 4.63. The molecule has 9 nitrogen and oxygen atoms in total. The van der Waals surface area contributed by atoms with E-state index in [1.807, 2.05) is 0 Å². The number of carbonyl (C=O) groups excluding carboxylic acids is 1. The van der Waals surface area contributed by atoms with Crippen LogP contribution in [0, 0.1) is 0 Å². The summed E-state index contributed by atoms with van der Waals surface area (Å²) >= 11 is 0. The van der Waals surface area contributed by atoms with Crippen molar-refractivity contribution in [3.8, 4) is 0 Å². The predicted molar refractivity (Wildman–Crippen MR) is 86.7 cm³/mol. The number of morpholine rings is 1. The lowest BCUT2D eigenvalue weighted by Gasteiger charge is -2.40. The number of amides is 1. The lowest BCUT2D eigenvalue weighted by Crippen LogP contribution is -2.55. The highest BCUT2D eigenvalue weighted by molar-refractivity contribution is 5.75. The van der Waals surface area contributed by atoms with Gasteiger partial charge in [0.05, 0.1) is 19.4 Å². The van der Waals surface area contributed by atoms with E-state index < -0.39 is 0 Å². The predicted octanol–water partition coefficient (Wildman–Crippen LogP) is -0.882. The van der Waals surface area contributed by atoms with Gasteiger partial charge < -0.3 is 10.1 Å². The van der Waals surface area contributed by atoms with Gasteiger partial charge >= 0.3 is 5.69 Å². The van der Waals surface area contributed by atoms with Gasteiger partial charge in [0.15, 0.2) is 5.65 Å². The zero-order valence-corrected chi connectivity index (χ0v) is 13.9. The van der Waals surface area contributed by atoms with Crippen LogP contribution >= 0.6 is 0 Å². The Morgan fingerprint density at radius 3 is 2.83 bits per heavy atom. The van der Waals surface area contributed by atoms with Crippen LogP contribution in [-0.4, -0.2) is 68.4 Å². The highest BCUT2D eigenvalue weighted by Gasteiger charge is 2.28. The van der Waals surface area contributed by atoms with Crippen molar-refractivity contribution in [2.75, 3.05) is 32.8 Å². The van der Waals surface area contributed by atoms with Crippen LogP contribution in [0.3, 0.4) is 0 Å². The molecule has 0 unspecified atom stereocenters. The fourth-order valence-corrected chi connectivity index (χ4v) is 2.77. The third kappa shape index (κ3) is 3.46. The van der Waals surface area contributed by atoms with Gasteiger partial charge in [0.25, 0.3) is 0 Å². The van der Waals surface area contributed by atoms with Gasteiger partial charge in [-0.2, -0.15) is 0 Å². The Hall–Kier alpha value is -2.26. The van der Waals surface area contributed by atoms with Crippen molar-refractivity contribution in [1.82, 2.24) is 29.4 Å². The summed E-state index contributed by atoms with van der Waals surface area (Å²) in [5, 5.41) is 7.00. The van der Waals surface area contributed by atoms with Crippen LogP contribution in [0.15, 0.2) is 23.4 Å². The molecule has 2 aromatic heterocycles. The molecule has 2 aromatic rings. The van der Waals surface area contributed by atoms with E-state index in [9.17, 15) is 9.59 Å². The van der Waals surface area contributed by atoms with Gasteiger partial charge in [0.2, 0.25) is 5.91 Å². The molecule has 1 N–H and O–H groups in total. The number of hydrogen-bond acceptors (Lipinski definition) is 6. The molecule has 3 heterocycles. The van der Waals surface area contributed by atoms with Crippen LogP contribution in [0.1, 0.15) is 13.8 Å². The van der Waals surface area contributed by atoms with Gasteiger partial charge in [-0.25, -0.2) is 13.9 Å². The maximum absolute atomic E-state index is 12.2. The van der Waals surface area contributed by atoms with E-state index in [-0.39, 0.29) is 23.7 Å². The standard InChI is InChI=1S/C15H22N6O3/c1-15(2,19-5-7-24-8-6-19)11-17-13(22)10-21-14(23)20-4-3-16-9-12(20)18-21/h3-4,9H,5-8,10-11H2,1-2H3,(H,17,22). The molecule has 0 saturated carbocycles. The second-order valence-corrected chi connectivity index (χ2v) is 6.43. The molecule has 1 aliphatic heterocycles. The number of nitrogens with zero attached hydrogens (tertiary/aromatic N) is 5. The van der Waals surface area contributed by atoms with E-state index in [1.165, 1.54) is 23.0 Å². The highest BCUT2D eigenvalue weighted by Crippen LogP contribution is 2.14. The second-order valence-electron chi connectivity index (χ2n) is 6.43. The first-order valence-corrected chi connectivity index (χ1v) is 7.96. The molecule has 0 bridgehead atoms. The summed E-state index contributed by atoms with van der Waals surface area (Å²) < 4.78 is 7.86. The molecule has 130 valence electrons. The summed E-state index contributed by atoms with van der Waals surface area (Å²) in [7, 11) is 0. The van der Waals surface area contributed by atoms with Gasteiger partial charge in [0, 0.05) is 37.6 Å². The molecular weight excluding hydrogens is 312 g/mol. The zero-order valence-electron chi connectivity index (χ0n) is 13.9. The van der Waals surface area contributed by atoms with Crippen molar-refractivity contribution in [3.63, 3.8) is 0 Å². The lowest BCUT2D eigenvalue weighted by molar-refractivity contribution is -0.122. The van der Waals surface area contributed by atoms with Crippen molar-refractivity contribution < 1.29 is 9.53 Å². The number of nitrogens with one attached hydrogen (secondary N) is 1. The van der Waals surface area contributed by atoms with Gasteiger partial charge in [-0.05, 0) is 13.8 Å². The maximum atomic E-state index is 12.2. The first-order chi connectivity index (χ1) is 11.5. The number of ether oxygens (including phenoxy) is 1. The van der Waals surface area contributed by atoms with E-state index in [2.05, 4.69) is 34.1 Å². The van der Waals surface area contributed by atoms with E-state index >= 15 is 0 Å². The van der Waals surface area contributed by atoms with Gasteiger partial charge in [-0.1, -0.05) is 0 Å². The highest BCUT2D eigenvalue weighted by atomic mass is 16.5. The molecule has 9 heteroatoms. The Balaban J connectivity index is 1.60. The Morgan fingerprint density at radius 1 is 1.38 bits per heavy atom. The lowest BCUT2D eigenvalue weighted by atomic mass is 10.0. The molecule has 24 heavy (non-hydrogen) atoms. The molecule has 1 saturated heterocycles. The van der Waals surface area contributed by atoms with Crippen LogP contribution in [0.4, 0.5) is 0 Å². The maximum Gasteiger partial charge on any atom is 0.350 e. The Labute approximate surface area is 139 Å². The molecule has 0 aliphatic carbocycles. The molecular formula is C15H22N6O3. The molecule has 1 fully saturated rings. The fraction of sp³-hybridized carbons (Fsp3) is 0.600. The largest absolute Gasteiger partial charge is 0.379 e. The molecule has 0 spiro atoms. The van der Waals surface area contributed by atoms with Crippen molar-refractivity contribution in [3.05, 3.63) is 29.1 Å². The van der Waals surface area contributed by atoms with E-state index in [0.29, 0.717) is 25.4 Å². The van der Waals surface area contributed by atoms with Crippen LogP contribution in [0.25, 0.3) is 5.65 Å². The average Bonchev–Trinajstić information content (AvgIpc) is 2.90. The first-order valence-electron chi connectivity index (χ1n) is 7.96. The third-order valence-corrected chi connectivity index (χ3v) is 4.27. The van der Waals surface area contributed by atoms with Crippen LogP contribution in [-0.2, 0) is 16.1 Å². The van der Waals surface area contributed by atoms with E-state index in [0.717, 1.165) is 17.8 Å². The molecule has 0 radical (unpaired) electrons. The smallest absolute Gasteiger partial charge is 0.350 e.